The maximum absolute atomic E-state index is 10.6. The van der Waals surface area contributed by atoms with Gasteiger partial charge in [-0.3, -0.25) is 14.9 Å². The summed E-state index contributed by atoms with van der Waals surface area (Å²) in [5.41, 5.74) is 0.432. The van der Waals surface area contributed by atoms with E-state index < -0.39 is 16.7 Å². The van der Waals surface area contributed by atoms with Crippen LogP contribution in [0.4, 0.5) is 5.00 Å². The lowest BCUT2D eigenvalue weighted by molar-refractivity contribution is -0.380. The zero-order valence-corrected chi connectivity index (χ0v) is 8.06. The second-order valence-corrected chi connectivity index (χ2v) is 3.37. The monoisotopic (exact) mass is 227 g/mol. The summed E-state index contributed by atoms with van der Waals surface area (Å²) in [5.74, 6) is -2.63. The average Bonchev–Trinajstić information content (AvgIpc) is 2.62. The summed E-state index contributed by atoms with van der Waals surface area (Å²) >= 11 is 0.909. The normalized spacial score (nSPS) is 10.4. The van der Waals surface area contributed by atoms with E-state index in [1.165, 1.54) is 17.5 Å². The number of carboxylic acids is 1. The number of ketones is 1. The highest BCUT2D eigenvalue weighted by Gasteiger charge is 2.09. The lowest BCUT2D eigenvalue weighted by Crippen LogP contribution is -2.08. The molecule has 0 aliphatic carbocycles. The summed E-state index contributed by atoms with van der Waals surface area (Å²) in [5, 5.41) is 19.9. The van der Waals surface area contributed by atoms with Crippen LogP contribution in [0.3, 0.4) is 0 Å². The molecular formula is C8H5NO5S. The molecule has 1 heterocycles. The molecule has 0 aliphatic heterocycles. The molecule has 0 aliphatic rings. The molecule has 0 saturated heterocycles. The van der Waals surface area contributed by atoms with Gasteiger partial charge in [-0.15, -0.1) is 0 Å². The van der Waals surface area contributed by atoms with E-state index in [0.29, 0.717) is 5.56 Å². The molecule has 1 N–H and O–H groups in total. The number of aliphatic carboxylic acids is 1. The molecule has 0 bridgehead atoms. The van der Waals surface area contributed by atoms with E-state index >= 15 is 0 Å². The molecule has 7 heteroatoms. The Morgan fingerprint density at radius 2 is 2.20 bits per heavy atom. The van der Waals surface area contributed by atoms with Gasteiger partial charge in [-0.05, 0) is 17.7 Å². The van der Waals surface area contributed by atoms with Gasteiger partial charge in [-0.25, -0.2) is 4.79 Å². The highest BCUT2D eigenvalue weighted by atomic mass is 32.1. The summed E-state index contributed by atoms with van der Waals surface area (Å²) in [6.45, 7) is 0. The lowest BCUT2D eigenvalue weighted by atomic mass is 10.2. The summed E-state index contributed by atoms with van der Waals surface area (Å²) in [7, 11) is 0. The fraction of sp³-hybridized carbons (Fsp3) is 0. The quantitative estimate of drug-likeness (QED) is 0.362. The smallest absolute Gasteiger partial charge is 0.376 e. The Morgan fingerprint density at radius 1 is 1.53 bits per heavy atom. The van der Waals surface area contributed by atoms with Gasteiger partial charge in [-0.2, -0.15) is 0 Å². The van der Waals surface area contributed by atoms with E-state index in [1.807, 2.05) is 0 Å². The van der Waals surface area contributed by atoms with Crippen LogP contribution in [0, 0.1) is 10.1 Å². The van der Waals surface area contributed by atoms with Crippen molar-refractivity contribution < 1.29 is 19.6 Å². The molecule has 1 aromatic heterocycles. The Hall–Kier alpha value is -2.02. The van der Waals surface area contributed by atoms with Gasteiger partial charge in [0.1, 0.15) is 0 Å². The van der Waals surface area contributed by atoms with Gasteiger partial charge in [0.2, 0.25) is 0 Å². The molecule has 15 heavy (non-hydrogen) atoms. The molecule has 0 fully saturated rings. The Labute approximate surface area is 87.6 Å². The molecule has 78 valence electrons. The Balaban J connectivity index is 2.77. The van der Waals surface area contributed by atoms with E-state index in [-0.39, 0.29) is 5.00 Å². The van der Waals surface area contributed by atoms with Gasteiger partial charge < -0.3 is 5.11 Å². The van der Waals surface area contributed by atoms with Gasteiger partial charge in [0.05, 0.1) is 4.92 Å². The standard InChI is InChI=1S/C8H5NO5S/c10-6(8(11)12)2-1-5-3-7(9(13)14)15-4-5/h1-4H,(H,11,12)/b2-1+. The number of nitro groups is 1. The fourth-order valence-electron chi connectivity index (χ4n) is 0.765. The zero-order chi connectivity index (χ0) is 11.4. The number of nitrogens with zero attached hydrogens (tertiary/aromatic N) is 1. The van der Waals surface area contributed by atoms with Crippen molar-refractivity contribution in [2.45, 2.75) is 0 Å². The number of hydrogen-bond donors (Lipinski definition) is 1. The first kappa shape index (κ1) is 11.1. The molecule has 0 spiro atoms. The zero-order valence-electron chi connectivity index (χ0n) is 7.25. The van der Waals surface area contributed by atoms with E-state index in [4.69, 9.17) is 5.11 Å². The number of carbonyl (C=O) groups is 2. The number of carbonyl (C=O) groups excluding carboxylic acids is 1. The summed E-state index contributed by atoms with van der Waals surface area (Å²) in [6, 6.07) is 1.26. The second kappa shape index (κ2) is 4.47. The minimum absolute atomic E-state index is 0.0579. The third-order valence-electron chi connectivity index (χ3n) is 1.42. The molecule has 0 saturated carbocycles. The topological polar surface area (TPSA) is 97.5 Å². The van der Waals surface area contributed by atoms with Crippen molar-refractivity contribution in [1.82, 2.24) is 0 Å². The van der Waals surface area contributed by atoms with Crippen LogP contribution in [0.1, 0.15) is 5.56 Å². The van der Waals surface area contributed by atoms with Gasteiger partial charge in [0.25, 0.3) is 5.78 Å². The number of carboxylic acid groups (broad SMARTS) is 1. The SMILES string of the molecule is O=C(O)C(=O)/C=C/c1csc([N+](=O)[O-])c1. The molecule has 0 amide bonds. The van der Waals surface area contributed by atoms with Gasteiger partial charge >= 0.3 is 11.0 Å². The molecule has 0 unspecified atom stereocenters. The van der Waals surface area contributed by atoms with Crippen molar-refractivity contribution in [3.8, 4) is 0 Å². The van der Waals surface area contributed by atoms with E-state index in [1.54, 1.807) is 0 Å². The van der Waals surface area contributed by atoms with Crippen molar-refractivity contribution in [1.29, 1.82) is 0 Å². The molecule has 0 aromatic carbocycles. The van der Waals surface area contributed by atoms with Crippen LogP contribution in [0.25, 0.3) is 6.08 Å². The van der Waals surface area contributed by atoms with Crippen molar-refractivity contribution in [2.24, 2.45) is 0 Å². The van der Waals surface area contributed by atoms with Crippen LogP contribution in [-0.4, -0.2) is 21.8 Å². The predicted octanol–water partition coefficient (Wildman–Crippen LogP) is 1.32. The highest BCUT2D eigenvalue weighted by Crippen LogP contribution is 2.23. The van der Waals surface area contributed by atoms with Crippen LogP contribution in [0.15, 0.2) is 17.5 Å². The molecule has 1 aromatic rings. The number of thiophene rings is 1. The van der Waals surface area contributed by atoms with E-state index in [2.05, 4.69) is 0 Å². The third kappa shape index (κ3) is 2.99. The third-order valence-corrected chi connectivity index (χ3v) is 2.32. The van der Waals surface area contributed by atoms with Crippen LogP contribution < -0.4 is 0 Å². The fourth-order valence-corrected chi connectivity index (χ4v) is 1.46. The highest BCUT2D eigenvalue weighted by molar-refractivity contribution is 7.13. The van der Waals surface area contributed by atoms with Crippen molar-refractivity contribution in [3.05, 3.63) is 33.2 Å². The van der Waals surface area contributed by atoms with E-state index in [9.17, 15) is 19.7 Å². The maximum Gasteiger partial charge on any atom is 0.376 e. The van der Waals surface area contributed by atoms with E-state index in [0.717, 1.165) is 17.4 Å². The van der Waals surface area contributed by atoms with Crippen LogP contribution in [0.5, 0.6) is 0 Å². The number of rotatable bonds is 4. The Kier molecular flexibility index (Phi) is 3.29. The summed E-state index contributed by atoms with van der Waals surface area (Å²) < 4.78 is 0. The number of hydrogen-bond acceptors (Lipinski definition) is 5. The van der Waals surface area contributed by atoms with Crippen LogP contribution >= 0.6 is 11.3 Å². The first-order chi connectivity index (χ1) is 7.00. The lowest BCUT2D eigenvalue weighted by Gasteiger charge is -1.83. The molecule has 0 atom stereocenters. The first-order valence-corrected chi connectivity index (χ1v) is 4.57. The molecule has 0 radical (unpaired) electrons. The first-order valence-electron chi connectivity index (χ1n) is 3.69. The van der Waals surface area contributed by atoms with Gasteiger partial charge in [0.15, 0.2) is 0 Å². The summed E-state index contributed by atoms with van der Waals surface area (Å²) in [4.78, 5) is 30.5. The minimum atomic E-state index is -1.56. The largest absolute Gasteiger partial charge is 0.475 e. The van der Waals surface area contributed by atoms with Crippen molar-refractivity contribution >= 4 is 34.2 Å². The molecule has 1 rings (SSSR count). The summed E-state index contributed by atoms with van der Waals surface area (Å²) in [6.07, 6.45) is 2.08. The predicted molar refractivity (Wildman–Crippen MR) is 52.7 cm³/mol. The van der Waals surface area contributed by atoms with Crippen molar-refractivity contribution in [3.63, 3.8) is 0 Å². The van der Waals surface area contributed by atoms with Crippen LogP contribution in [-0.2, 0) is 9.59 Å². The van der Waals surface area contributed by atoms with Gasteiger partial charge in [0, 0.05) is 11.4 Å². The molecule has 6 nitrogen and oxygen atoms in total. The maximum atomic E-state index is 10.6. The van der Waals surface area contributed by atoms with Gasteiger partial charge in [-0.1, -0.05) is 11.3 Å². The molecular weight excluding hydrogens is 222 g/mol. The van der Waals surface area contributed by atoms with Crippen LogP contribution in [0.2, 0.25) is 0 Å². The Morgan fingerprint density at radius 3 is 2.67 bits per heavy atom. The second-order valence-electron chi connectivity index (χ2n) is 2.48. The minimum Gasteiger partial charge on any atom is -0.475 e. The van der Waals surface area contributed by atoms with Crippen molar-refractivity contribution in [2.75, 3.05) is 0 Å². The average molecular weight is 227 g/mol. The Bertz CT molecular complexity index is 448.